The first kappa shape index (κ1) is 20.3. The van der Waals surface area contributed by atoms with E-state index in [9.17, 15) is 9.59 Å². The Balaban J connectivity index is 1.85. The van der Waals surface area contributed by atoms with Crippen molar-refractivity contribution >= 4 is 17.6 Å². The van der Waals surface area contributed by atoms with Crippen LogP contribution < -0.4 is 5.32 Å². The monoisotopic (exact) mass is 359 g/mol. The zero-order chi connectivity index (χ0) is 19.1. The number of carbonyl (C=O) groups is 2. The lowest BCUT2D eigenvalue weighted by Gasteiger charge is -2.34. The first-order chi connectivity index (χ1) is 12.5. The Hall–Kier alpha value is -2.04. The van der Waals surface area contributed by atoms with Crippen molar-refractivity contribution in [3.8, 4) is 0 Å². The van der Waals surface area contributed by atoms with Crippen molar-refractivity contribution in [2.45, 2.75) is 52.9 Å². The summed E-state index contributed by atoms with van der Waals surface area (Å²) in [5, 5.41) is 3.03. The summed E-state index contributed by atoms with van der Waals surface area (Å²) in [6.07, 6.45) is 2.56. The Labute approximate surface area is 157 Å². The summed E-state index contributed by atoms with van der Waals surface area (Å²) in [5.74, 6) is 0.577. The summed E-state index contributed by atoms with van der Waals surface area (Å²) in [7, 11) is 0. The van der Waals surface area contributed by atoms with Gasteiger partial charge in [-0.25, -0.2) is 4.79 Å². The molecule has 1 N–H and O–H groups in total. The fourth-order valence-corrected chi connectivity index (χ4v) is 3.40. The lowest BCUT2D eigenvalue weighted by atomic mass is 9.95. The van der Waals surface area contributed by atoms with E-state index in [2.05, 4.69) is 31.3 Å². The Morgan fingerprint density at radius 1 is 1.12 bits per heavy atom. The molecule has 0 radical (unpaired) electrons. The fraction of sp³-hybridized carbons (Fsp3) is 0.619. The van der Waals surface area contributed by atoms with Crippen LogP contribution in [0.2, 0.25) is 0 Å². The minimum atomic E-state index is -0.0232. The van der Waals surface area contributed by atoms with E-state index in [-0.39, 0.29) is 17.9 Å². The molecule has 1 atom stereocenters. The highest BCUT2D eigenvalue weighted by molar-refractivity contribution is 5.92. The third kappa shape index (κ3) is 4.99. The molecule has 1 heterocycles. The van der Waals surface area contributed by atoms with Crippen LogP contribution in [0.4, 0.5) is 10.5 Å². The van der Waals surface area contributed by atoms with E-state index < -0.39 is 0 Å². The summed E-state index contributed by atoms with van der Waals surface area (Å²) in [4.78, 5) is 28.6. The molecule has 0 bridgehead atoms. The molecular weight excluding hydrogens is 326 g/mol. The topological polar surface area (TPSA) is 52.7 Å². The molecule has 1 fully saturated rings. The zero-order valence-corrected chi connectivity index (χ0v) is 16.6. The predicted octanol–water partition coefficient (Wildman–Crippen LogP) is 4.31. The highest BCUT2D eigenvalue weighted by Crippen LogP contribution is 2.23. The summed E-state index contributed by atoms with van der Waals surface area (Å²) in [6.45, 7) is 11.1. The van der Waals surface area contributed by atoms with Gasteiger partial charge in [-0.2, -0.15) is 0 Å². The number of urea groups is 1. The average Bonchev–Trinajstić information content (AvgIpc) is 2.68. The van der Waals surface area contributed by atoms with Gasteiger partial charge in [0, 0.05) is 37.8 Å². The smallest absolute Gasteiger partial charge is 0.319 e. The number of rotatable bonds is 6. The van der Waals surface area contributed by atoms with E-state index >= 15 is 0 Å². The third-order valence-corrected chi connectivity index (χ3v) is 5.53. The molecule has 5 heteroatoms. The van der Waals surface area contributed by atoms with Crippen molar-refractivity contribution < 1.29 is 9.59 Å². The zero-order valence-electron chi connectivity index (χ0n) is 16.6. The number of benzene rings is 1. The highest BCUT2D eigenvalue weighted by atomic mass is 16.2. The number of carbonyl (C=O) groups excluding carboxylic acids is 2. The third-order valence-electron chi connectivity index (χ3n) is 5.53. The maximum Gasteiger partial charge on any atom is 0.319 e. The number of anilines is 1. The number of likely N-dealkylation sites (tertiary alicyclic amines) is 1. The van der Waals surface area contributed by atoms with Crippen LogP contribution in [-0.4, -0.2) is 47.9 Å². The molecule has 0 aromatic heterocycles. The Bertz CT molecular complexity index is 588. The molecule has 1 aliphatic heterocycles. The second-order valence-electron chi connectivity index (χ2n) is 7.14. The van der Waals surface area contributed by atoms with E-state index in [4.69, 9.17) is 0 Å². The van der Waals surface area contributed by atoms with Crippen molar-refractivity contribution in [1.29, 1.82) is 0 Å². The SMILES string of the molecule is CC[C@@H](C)c1ccc(NC(=O)C2CCN(C(=O)N(CC)CC)CC2)cc1. The molecule has 0 aliphatic carbocycles. The van der Waals surface area contributed by atoms with E-state index in [0.717, 1.165) is 38.0 Å². The van der Waals surface area contributed by atoms with Crippen molar-refractivity contribution in [2.24, 2.45) is 5.92 Å². The second-order valence-corrected chi connectivity index (χ2v) is 7.14. The minimum Gasteiger partial charge on any atom is -0.326 e. The molecule has 144 valence electrons. The predicted molar refractivity (Wildman–Crippen MR) is 106 cm³/mol. The molecule has 0 unspecified atom stereocenters. The minimum absolute atomic E-state index is 0.0232. The van der Waals surface area contributed by atoms with Crippen LogP contribution in [0.1, 0.15) is 58.4 Å². The molecule has 1 saturated heterocycles. The Morgan fingerprint density at radius 3 is 2.19 bits per heavy atom. The van der Waals surface area contributed by atoms with Crippen molar-refractivity contribution in [3.05, 3.63) is 29.8 Å². The largest absolute Gasteiger partial charge is 0.326 e. The fourth-order valence-electron chi connectivity index (χ4n) is 3.40. The van der Waals surface area contributed by atoms with Gasteiger partial charge in [-0.05, 0) is 56.7 Å². The summed E-state index contributed by atoms with van der Waals surface area (Å²) < 4.78 is 0. The quantitative estimate of drug-likeness (QED) is 0.823. The molecule has 1 aromatic rings. The van der Waals surface area contributed by atoms with Gasteiger partial charge in [0.2, 0.25) is 5.91 Å². The highest BCUT2D eigenvalue weighted by Gasteiger charge is 2.28. The molecule has 0 spiro atoms. The maximum atomic E-state index is 12.5. The van der Waals surface area contributed by atoms with Gasteiger partial charge in [0.1, 0.15) is 0 Å². The lowest BCUT2D eigenvalue weighted by Crippen LogP contribution is -2.47. The van der Waals surface area contributed by atoms with Gasteiger partial charge in [-0.15, -0.1) is 0 Å². The van der Waals surface area contributed by atoms with Crippen LogP contribution >= 0.6 is 0 Å². The van der Waals surface area contributed by atoms with Gasteiger partial charge in [0.25, 0.3) is 0 Å². The molecule has 5 nitrogen and oxygen atoms in total. The number of hydrogen-bond donors (Lipinski definition) is 1. The average molecular weight is 360 g/mol. The van der Waals surface area contributed by atoms with Gasteiger partial charge in [-0.1, -0.05) is 26.0 Å². The Kier molecular flexibility index (Phi) is 7.49. The second kappa shape index (κ2) is 9.60. The number of amides is 3. The molecule has 3 amide bonds. The van der Waals surface area contributed by atoms with Crippen molar-refractivity contribution in [2.75, 3.05) is 31.5 Å². The van der Waals surface area contributed by atoms with Gasteiger partial charge >= 0.3 is 6.03 Å². The number of piperidine rings is 1. The van der Waals surface area contributed by atoms with Crippen LogP contribution in [0, 0.1) is 5.92 Å². The number of nitrogens with one attached hydrogen (secondary N) is 1. The van der Waals surface area contributed by atoms with Crippen LogP contribution in [-0.2, 0) is 4.79 Å². The normalized spacial score (nSPS) is 16.2. The van der Waals surface area contributed by atoms with Crippen molar-refractivity contribution in [3.63, 3.8) is 0 Å². The molecule has 2 rings (SSSR count). The van der Waals surface area contributed by atoms with E-state index in [1.54, 1.807) is 0 Å². The standard InChI is InChI=1S/C21H33N3O2/c1-5-16(4)17-8-10-19(11-9-17)22-20(25)18-12-14-24(15-13-18)21(26)23(6-2)7-3/h8-11,16,18H,5-7,12-15H2,1-4H3,(H,22,25)/t16-/m1/s1. The van der Waals surface area contributed by atoms with Crippen molar-refractivity contribution in [1.82, 2.24) is 9.80 Å². The first-order valence-corrected chi connectivity index (χ1v) is 9.94. The molecule has 0 saturated carbocycles. The molecular formula is C21H33N3O2. The Morgan fingerprint density at radius 2 is 1.69 bits per heavy atom. The van der Waals surface area contributed by atoms with Crippen LogP contribution in [0.25, 0.3) is 0 Å². The molecule has 26 heavy (non-hydrogen) atoms. The summed E-state index contributed by atoms with van der Waals surface area (Å²) in [6, 6.07) is 8.25. The number of nitrogens with zero attached hydrogens (tertiary/aromatic N) is 2. The maximum absolute atomic E-state index is 12.5. The summed E-state index contributed by atoms with van der Waals surface area (Å²) >= 11 is 0. The van der Waals surface area contributed by atoms with E-state index in [0.29, 0.717) is 19.0 Å². The molecule has 1 aromatic carbocycles. The van der Waals surface area contributed by atoms with Gasteiger partial charge in [-0.3, -0.25) is 4.79 Å². The van der Waals surface area contributed by atoms with Gasteiger partial charge < -0.3 is 15.1 Å². The van der Waals surface area contributed by atoms with Crippen LogP contribution in [0.3, 0.4) is 0 Å². The number of hydrogen-bond acceptors (Lipinski definition) is 2. The lowest BCUT2D eigenvalue weighted by molar-refractivity contribution is -0.121. The van der Waals surface area contributed by atoms with Gasteiger partial charge in [0.05, 0.1) is 0 Å². The summed E-state index contributed by atoms with van der Waals surface area (Å²) in [5.41, 5.74) is 2.15. The van der Waals surface area contributed by atoms with Gasteiger partial charge in [0.15, 0.2) is 0 Å². The first-order valence-electron chi connectivity index (χ1n) is 9.94. The van der Waals surface area contributed by atoms with E-state index in [1.807, 2.05) is 35.8 Å². The van der Waals surface area contributed by atoms with Crippen LogP contribution in [0.5, 0.6) is 0 Å². The van der Waals surface area contributed by atoms with Crippen LogP contribution in [0.15, 0.2) is 24.3 Å². The molecule has 1 aliphatic rings. The van der Waals surface area contributed by atoms with E-state index in [1.165, 1.54) is 5.56 Å².